The quantitative estimate of drug-likeness (QED) is 0.191. The second kappa shape index (κ2) is 20.3. The van der Waals surface area contributed by atoms with Crippen LogP contribution in [0.15, 0.2) is 0 Å². The van der Waals surface area contributed by atoms with Crippen molar-refractivity contribution in [3.8, 4) is 0 Å². The smallest absolute Gasteiger partial charge is 0.0324 e. The second-order valence-electron chi connectivity index (χ2n) is 8.38. The lowest BCUT2D eigenvalue weighted by atomic mass is 9.83. The summed E-state index contributed by atoms with van der Waals surface area (Å²) in [6, 6.07) is 0. The Bertz CT molecular complexity index is 232. The average Bonchev–Trinajstić information content (AvgIpc) is 2.63. The molecule has 151 valence electrons. The van der Waals surface area contributed by atoms with Gasteiger partial charge in [-0.05, 0) is 18.3 Å². The molecule has 0 aliphatic carbocycles. The molecule has 0 aromatic rings. The standard InChI is InChI=1S/C25H51/c1-5-9-12-14-16-19-22-25(21-17-11-7-3)23-24(8-4)20-18-15-13-10-6-2/h23-25H,5-22H2,1-4H3. The third-order valence-electron chi connectivity index (χ3n) is 5.85. The first-order chi connectivity index (χ1) is 12.3. The summed E-state index contributed by atoms with van der Waals surface area (Å²) in [5.41, 5.74) is 0. The van der Waals surface area contributed by atoms with Crippen LogP contribution in [0.25, 0.3) is 0 Å². The van der Waals surface area contributed by atoms with Gasteiger partial charge in [0.2, 0.25) is 0 Å². The maximum atomic E-state index is 2.79. The summed E-state index contributed by atoms with van der Waals surface area (Å²) in [6.45, 7) is 9.36. The van der Waals surface area contributed by atoms with Crippen molar-refractivity contribution in [1.82, 2.24) is 0 Å². The monoisotopic (exact) mass is 351 g/mol. The largest absolute Gasteiger partial charge is 0.0654 e. The van der Waals surface area contributed by atoms with Gasteiger partial charge in [-0.1, -0.05) is 143 Å². The van der Waals surface area contributed by atoms with Gasteiger partial charge in [0, 0.05) is 0 Å². The van der Waals surface area contributed by atoms with Crippen molar-refractivity contribution in [2.24, 2.45) is 11.8 Å². The van der Waals surface area contributed by atoms with Crippen LogP contribution in [0.3, 0.4) is 0 Å². The van der Waals surface area contributed by atoms with Crippen LogP contribution in [0.4, 0.5) is 0 Å². The van der Waals surface area contributed by atoms with Crippen LogP contribution in [-0.2, 0) is 0 Å². The van der Waals surface area contributed by atoms with Gasteiger partial charge < -0.3 is 0 Å². The Morgan fingerprint density at radius 3 is 1.28 bits per heavy atom. The van der Waals surface area contributed by atoms with Crippen LogP contribution in [0.1, 0.15) is 143 Å². The molecule has 2 unspecified atom stereocenters. The molecule has 0 spiro atoms. The molecule has 25 heavy (non-hydrogen) atoms. The number of hydrogen-bond acceptors (Lipinski definition) is 0. The first-order valence-corrected chi connectivity index (χ1v) is 12.1. The highest BCUT2D eigenvalue weighted by molar-refractivity contribution is 4.83. The summed E-state index contributed by atoms with van der Waals surface area (Å²) >= 11 is 0. The molecule has 0 heteroatoms. The Kier molecular flexibility index (Phi) is 20.3. The van der Waals surface area contributed by atoms with E-state index in [-0.39, 0.29) is 0 Å². The minimum Gasteiger partial charge on any atom is -0.0654 e. The van der Waals surface area contributed by atoms with Crippen LogP contribution in [0.2, 0.25) is 0 Å². The van der Waals surface area contributed by atoms with Gasteiger partial charge in [-0.2, -0.15) is 0 Å². The van der Waals surface area contributed by atoms with Gasteiger partial charge in [-0.15, -0.1) is 0 Å². The molecule has 1 radical (unpaired) electrons. The maximum Gasteiger partial charge on any atom is -0.0324 e. The fraction of sp³-hybridized carbons (Fsp3) is 0.960. The molecule has 0 aliphatic heterocycles. The molecule has 0 saturated carbocycles. The lowest BCUT2D eigenvalue weighted by molar-refractivity contribution is 0.381. The fourth-order valence-electron chi connectivity index (χ4n) is 4.01. The molecule has 0 aliphatic rings. The van der Waals surface area contributed by atoms with E-state index in [0.717, 1.165) is 11.8 Å². The van der Waals surface area contributed by atoms with E-state index in [1.807, 2.05) is 0 Å². The zero-order chi connectivity index (χ0) is 18.6. The molecule has 0 saturated heterocycles. The summed E-state index contributed by atoms with van der Waals surface area (Å²) in [5, 5.41) is 0. The molecule has 2 atom stereocenters. The number of unbranched alkanes of at least 4 members (excludes halogenated alkanes) is 11. The molecular weight excluding hydrogens is 300 g/mol. The minimum atomic E-state index is 0.883. The van der Waals surface area contributed by atoms with E-state index >= 15 is 0 Å². The Labute approximate surface area is 161 Å². The highest BCUT2D eigenvalue weighted by Gasteiger charge is 2.15. The van der Waals surface area contributed by atoms with Crippen LogP contribution in [0, 0.1) is 18.3 Å². The van der Waals surface area contributed by atoms with Crippen LogP contribution in [-0.4, -0.2) is 0 Å². The van der Waals surface area contributed by atoms with E-state index in [4.69, 9.17) is 0 Å². The van der Waals surface area contributed by atoms with Gasteiger partial charge in [0.25, 0.3) is 0 Å². The average molecular weight is 352 g/mol. The van der Waals surface area contributed by atoms with Crippen molar-refractivity contribution >= 4 is 0 Å². The topological polar surface area (TPSA) is 0 Å². The third-order valence-corrected chi connectivity index (χ3v) is 5.85. The van der Waals surface area contributed by atoms with E-state index in [1.54, 1.807) is 0 Å². The summed E-state index contributed by atoms with van der Waals surface area (Å²) in [5.74, 6) is 1.78. The highest BCUT2D eigenvalue weighted by atomic mass is 14.2. The summed E-state index contributed by atoms with van der Waals surface area (Å²) in [4.78, 5) is 0. The Morgan fingerprint density at radius 2 is 0.800 bits per heavy atom. The molecule has 0 fully saturated rings. The minimum absolute atomic E-state index is 0.883. The van der Waals surface area contributed by atoms with E-state index < -0.39 is 0 Å². The molecule has 0 amide bonds. The number of rotatable bonds is 20. The summed E-state index contributed by atoms with van der Waals surface area (Å²) < 4.78 is 0. The SMILES string of the molecule is CCCCCCCCC([CH]C(CC)CCCCCCC)CCCCC. The predicted octanol–water partition coefficient (Wildman–Crippen LogP) is 9.52. The normalized spacial score (nSPS) is 13.9. The van der Waals surface area contributed by atoms with E-state index in [1.165, 1.54) is 116 Å². The van der Waals surface area contributed by atoms with Crippen molar-refractivity contribution in [1.29, 1.82) is 0 Å². The van der Waals surface area contributed by atoms with Gasteiger partial charge in [0.05, 0.1) is 0 Å². The maximum absolute atomic E-state index is 2.79. The predicted molar refractivity (Wildman–Crippen MR) is 117 cm³/mol. The lowest BCUT2D eigenvalue weighted by Crippen LogP contribution is -2.10. The summed E-state index contributed by atoms with van der Waals surface area (Å²) in [7, 11) is 0. The molecule has 0 aromatic carbocycles. The van der Waals surface area contributed by atoms with Crippen molar-refractivity contribution in [2.75, 3.05) is 0 Å². The van der Waals surface area contributed by atoms with Gasteiger partial charge in [0.1, 0.15) is 0 Å². The fourth-order valence-corrected chi connectivity index (χ4v) is 4.01. The lowest BCUT2D eigenvalue weighted by Gasteiger charge is -2.23. The second-order valence-corrected chi connectivity index (χ2v) is 8.38. The number of hydrogen-bond donors (Lipinski definition) is 0. The van der Waals surface area contributed by atoms with Gasteiger partial charge >= 0.3 is 0 Å². The van der Waals surface area contributed by atoms with Crippen molar-refractivity contribution in [3.63, 3.8) is 0 Å². The van der Waals surface area contributed by atoms with Crippen LogP contribution in [0.5, 0.6) is 0 Å². The molecule has 0 nitrogen and oxygen atoms in total. The van der Waals surface area contributed by atoms with E-state index in [9.17, 15) is 0 Å². The molecular formula is C25H51. The zero-order valence-electron chi connectivity index (χ0n) is 18.5. The first kappa shape index (κ1) is 25.0. The molecule has 0 aromatic heterocycles. The Morgan fingerprint density at radius 1 is 0.440 bits per heavy atom. The van der Waals surface area contributed by atoms with Crippen molar-refractivity contribution in [3.05, 3.63) is 6.42 Å². The van der Waals surface area contributed by atoms with E-state index in [0.29, 0.717) is 0 Å². The zero-order valence-corrected chi connectivity index (χ0v) is 18.5. The Balaban J connectivity index is 4.05. The van der Waals surface area contributed by atoms with Crippen molar-refractivity contribution in [2.45, 2.75) is 143 Å². The van der Waals surface area contributed by atoms with Crippen LogP contribution >= 0.6 is 0 Å². The van der Waals surface area contributed by atoms with Gasteiger partial charge in [-0.3, -0.25) is 0 Å². The van der Waals surface area contributed by atoms with E-state index in [2.05, 4.69) is 34.1 Å². The Hall–Kier alpha value is 0. The van der Waals surface area contributed by atoms with Gasteiger partial charge in [0.15, 0.2) is 0 Å². The van der Waals surface area contributed by atoms with Gasteiger partial charge in [-0.25, -0.2) is 0 Å². The highest BCUT2D eigenvalue weighted by Crippen LogP contribution is 2.28. The summed E-state index contributed by atoms with van der Waals surface area (Å²) in [6.07, 6.45) is 28.5. The third kappa shape index (κ3) is 17.2. The molecule has 0 heterocycles. The van der Waals surface area contributed by atoms with Crippen LogP contribution < -0.4 is 0 Å². The molecule has 0 bridgehead atoms. The molecule has 0 N–H and O–H groups in total. The first-order valence-electron chi connectivity index (χ1n) is 12.1. The van der Waals surface area contributed by atoms with Crippen molar-refractivity contribution < 1.29 is 0 Å². The molecule has 0 rings (SSSR count).